The highest BCUT2D eigenvalue weighted by atomic mass is 16.6. The van der Waals surface area contributed by atoms with E-state index in [0.29, 0.717) is 18.4 Å². The van der Waals surface area contributed by atoms with Crippen LogP contribution in [0.2, 0.25) is 0 Å². The van der Waals surface area contributed by atoms with E-state index in [4.69, 9.17) is 5.11 Å². The second kappa shape index (κ2) is 7.37. The summed E-state index contributed by atoms with van der Waals surface area (Å²) in [5, 5.41) is 22.5. The summed E-state index contributed by atoms with van der Waals surface area (Å²) in [6.07, 6.45) is 1.11. The van der Waals surface area contributed by atoms with Gasteiger partial charge in [0.1, 0.15) is 5.56 Å². The first-order valence-corrected chi connectivity index (χ1v) is 6.63. The number of benzene rings is 1. The molecule has 0 bridgehead atoms. The van der Waals surface area contributed by atoms with Crippen molar-refractivity contribution in [1.29, 1.82) is 0 Å². The van der Waals surface area contributed by atoms with Crippen LogP contribution in [0.15, 0.2) is 18.2 Å². The van der Waals surface area contributed by atoms with E-state index < -0.39 is 22.7 Å². The molecule has 0 aliphatic rings. The molecule has 1 amide bonds. The fraction of sp³-hybridized carbons (Fsp3) is 0.429. The van der Waals surface area contributed by atoms with Gasteiger partial charge in [-0.2, -0.15) is 0 Å². The van der Waals surface area contributed by atoms with E-state index in [2.05, 4.69) is 5.32 Å². The quantitative estimate of drug-likeness (QED) is 0.591. The maximum atomic E-state index is 12.1. The maximum absolute atomic E-state index is 12.1. The lowest BCUT2D eigenvalue weighted by atomic mass is 10.0. The predicted octanol–water partition coefficient (Wildman–Crippen LogP) is 2.13. The Balaban J connectivity index is 2.90. The van der Waals surface area contributed by atoms with E-state index in [-0.39, 0.29) is 17.8 Å². The van der Waals surface area contributed by atoms with Crippen molar-refractivity contribution in [2.24, 2.45) is 5.92 Å². The molecule has 1 unspecified atom stereocenters. The van der Waals surface area contributed by atoms with Gasteiger partial charge in [0.2, 0.25) is 0 Å². The number of hydrogen-bond acceptors (Lipinski definition) is 4. The van der Waals surface area contributed by atoms with Crippen LogP contribution in [0, 0.1) is 23.0 Å². The van der Waals surface area contributed by atoms with Gasteiger partial charge in [-0.1, -0.05) is 25.5 Å². The van der Waals surface area contributed by atoms with Gasteiger partial charge in [-0.05, 0) is 18.9 Å². The maximum Gasteiger partial charge on any atom is 0.308 e. The van der Waals surface area contributed by atoms with Gasteiger partial charge in [0, 0.05) is 12.6 Å². The number of nitro groups is 1. The SMILES string of the molecule is CCCC(CNC(=O)c1c(C)cccc1[N+](=O)[O-])C(=O)O. The number of rotatable bonds is 7. The summed E-state index contributed by atoms with van der Waals surface area (Å²) >= 11 is 0. The lowest BCUT2D eigenvalue weighted by Crippen LogP contribution is -2.33. The largest absolute Gasteiger partial charge is 0.481 e. The van der Waals surface area contributed by atoms with E-state index >= 15 is 0 Å². The van der Waals surface area contributed by atoms with Crippen LogP contribution in [0.5, 0.6) is 0 Å². The highest BCUT2D eigenvalue weighted by molar-refractivity contribution is 5.99. The second-order valence-electron chi connectivity index (χ2n) is 4.76. The average Bonchev–Trinajstić information content (AvgIpc) is 2.42. The first-order chi connectivity index (χ1) is 9.88. The molecule has 7 heteroatoms. The molecule has 114 valence electrons. The van der Waals surface area contributed by atoms with Crippen LogP contribution in [0.4, 0.5) is 5.69 Å². The van der Waals surface area contributed by atoms with Gasteiger partial charge >= 0.3 is 5.97 Å². The minimum atomic E-state index is -0.989. The van der Waals surface area contributed by atoms with Gasteiger partial charge in [0.15, 0.2) is 0 Å². The number of carboxylic acid groups (broad SMARTS) is 1. The van der Waals surface area contributed by atoms with Crippen LogP contribution in [0.3, 0.4) is 0 Å². The van der Waals surface area contributed by atoms with E-state index in [9.17, 15) is 19.7 Å². The Labute approximate surface area is 122 Å². The fourth-order valence-electron chi connectivity index (χ4n) is 2.07. The molecule has 1 rings (SSSR count). The highest BCUT2D eigenvalue weighted by Gasteiger charge is 2.24. The second-order valence-corrected chi connectivity index (χ2v) is 4.76. The van der Waals surface area contributed by atoms with Crippen molar-refractivity contribution in [2.45, 2.75) is 26.7 Å². The molecule has 0 saturated carbocycles. The number of hydrogen-bond donors (Lipinski definition) is 2. The lowest BCUT2D eigenvalue weighted by Gasteiger charge is -2.13. The van der Waals surface area contributed by atoms with Gasteiger partial charge in [-0.3, -0.25) is 19.7 Å². The smallest absolute Gasteiger partial charge is 0.308 e. The van der Waals surface area contributed by atoms with Crippen molar-refractivity contribution in [1.82, 2.24) is 5.32 Å². The molecule has 2 N–H and O–H groups in total. The monoisotopic (exact) mass is 294 g/mol. The third kappa shape index (κ3) is 4.27. The summed E-state index contributed by atoms with van der Waals surface area (Å²) in [6, 6.07) is 4.35. The zero-order valence-corrected chi connectivity index (χ0v) is 12.0. The van der Waals surface area contributed by atoms with Crippen molar-refractivity contribution in [2.75, 3.05) is 6.54 Å². The normalized spacial score (nSPS) is 11.7. The predicted molar refractivity (Wildman–Crippen MR) is 76.2 cm³/mol. The molecule has 1 aromatic rings. The molecule has 0 fully saturated rings. The molecule has 0 radical (unpaired) electrons. The molecule has 0 spiro atoms. The van der Waals surface area contributed by atoms with Gasteiger partial charge < -0.3 is 10.4 Å². The summed E-state index contributed by atoms with van der Waals surface area (Å²) in [5.41, 5.74) is 0.169. The lowest BCUT2D eigenvalue weighted by molar-refractivity contribution is -0.385. The van der Waals surface area contributed by atoms with Gasteiger partial charge in [0.25, 0.3) is 11.6 Å². The van der Waals surface area contributed by atoms with E-state index in [1.807, 2.05) is 6.92 Å². The van der Waals surface area contributed by atoms with E-state index in [1.54, 1.807) is 13.0 Å². The van der Waals surface area contributed by atoms with Crippen LogP contribution in [-0.2, 0) is 4.79 Å². The first kappa shape index (κ1) is 16.6. The Hall–Kier alpha value is -2.44. The topological polar surface area (TPSA) is 110 Å². The van der Waals surface area contributed by atoms with Crippen molar-refractivity contribution in [3.63, 3.8) is 0 Å². The highest BCUT2D eigenvalue weighted by Crippen LogP contribution is 2.21. The number of aryl methyl sites for hydroxylation is 1. The Kier molecular flexibility index (Phi) is 5.83. The molecule has 7 nitrogen and oxygen atoms in total. The van der Waals surface area contributed by atoms with Gasteiger partial charge in [-0.25, -0.2) is 0 Å². The third-order valence-electron chi connectivity index (χ3n) is 3.17. The zero-order valence-electron chi connectivity index (χ0n) is 12.0. The number of nitro benzene ring substituents is 1. The van der Waals surface area contributed by atoms with Crippen LogP contribution in [-0.4, -0.2) is 28.5 Å². The zero-order chi connectivity index (χ0) is 16.0. The molecular weight excluding hydrogens is 276 g/mol. The minimum Gasteiger partial charge on any atom is -0.481 e. The van der Waals surface area contributed by atoms with Crippen molar-refractivity contribution in [3.8, 4) is 0 Å². The summed E-state index contributed by atoms with van der Waals surface area (Å²) in [7, 11) is 0. The number of nitrogens with one attached hydrogen (secondary N) is 1. The molecule has 0 aliphatic heterocycles. The number of nitrogens with zero attached hydrogens (tertiary/aromatic N) is 1. The summed E-state index contributed by atoms with van der Waals surface area (Å²) in [6.45, 7) is 3.40. The Morgan fingerprint density at radius 3 is 2.62 bits per heavy atom. The standard InChI is InChI=1S/C14H18N2O5/c1-3-5-10(14(18)19)8-15-13(17)12-9(2)6-4-7-11(12)16(20)21/h4,6-7,10H,3,5,8H2,1-2H3,(H,15,17)(H,18,19). The van der Waals surface area contributed by atoms with Crippen LogP contribution >= 0.6 is 0 Å². The summed E-state index contributed by atoms with van der Waals surface area (Å²) < 4.78 is 0. The summed E-state index contributed by atoms with van der Waals surface area (Å²) in [4.78, 5) is 33.5. The Morgan fingerprint density at radius 1 is 1.43 bits per heavy atom. The molecule has 0 aliphatic carbocycles. The molecule has 0 heterocycles. The molecule has 21 heavy (non-hydrogen) atoms. The van der Waals surface area contributed by atoms with Crippen molar-refractivity contribution < 1.29 is 19.6 Å². The fourth-order valence-corrected chi connectivity index (χ4v) is 2.07. The summed E-state index contributed by atoms with van der Waals surface area (Å²) in [5.74, 6) is -2.30. The Bertz CT molecular complexity index is 556. The first-order valence-electron chi connectivity index (χ1n) is 6.63. The van der Waals surface area contributed by atoms with Crippen molar-refractivity contribution >= 4 is 17.6 Å². The number of carbonyl (C=O) groups is 2. The number of carbonyl (C=O) groups excluding carboxylic acids is 1. The van der Waals surface area contributed by atoms with E-state index in [0.717, 1.165) is 0 Å². The molecule has 0 saturated heterocycles. The van der Waals surface area contributed by atoms with E-state index in [1.165, 1.54) is 12.1 Å². The van der Waals surface area contributed by atoms with Crippen molar-refractivity contribution in [3.05, 3.63) is 39.4 Å². The van der Waals surface area contributed by atoms with Crippen LogP contribution in [0.1, 0.15) is 35.7 Å². The minimum absolute atomic E-state index is 0.0249. The number of amides is 1. The third-order valence-corrected chi connectivity index (χ3v) is 3.17. The molecule has 1 atom stereocenters. The molecule has 0 aromatic heterocycles. The Morgan fingerprint density at radius 2 is 2.10 bits per heavy atom. The van der Waals surface area contributed by atoms with Gasteiger partial charge in [-0.15, -0.1) is 0 Å². The number of carboxylic acids is 1. The van der Waals surface area contributed by atoms with Crippen LogP contribution < -0.4 is 5.32 Å². The number of aliphatic carboxylic acids is 1. The van der Waals surface area contributed by atoms with Gasteiger partial charge in [0.05, 0.1) is 10.8 Å². The average molecular weight is 294 g/mol. The molecular formula is C14H18N2O5. The van der Waals surface area contributed by atoms with Crippen LogP contribution in [0.25, 0.3) is 0 Å². The molecule has 1 aromatic carbocycles.